The van der Waals surface area contributed by atoms with Crippen LogP contribution in [-0.2, 0) is 9.59 Å². The van der Waals surface area contributed by atoms with Crippen LogP contribution in [0.5, 0.6) is 0 Å². The van der Waals surface area contributed by atoms with Crippen molar-refractivity contribution in [3.63, 3.8) is 0 Å². The molecule has 1 unspecified atom stereocenters. The predicted molar refractivity (Wildman–Crippen MR) is 80.4 cm³/mol. The molecule has 4 nitrogen and oxygen atoms in total. The second-order valence-electron chi connectivity index (χ2n) is 6.14. The van der Waals surface area contributed by atoms with Crippen LogP contribution < -0.4 is 4.90 Å². The summed E-state index contributed by atoms with van der Waals surface area (Å²) < 4.78 is 0. The molecule has 1 aromatic carbocycles. The molecule has 21 heavy (non-hydrogen) atoms. The fourth-order valence-corrected chi connectivity index (χ4v) is 3.62. The number of amides is 1. The summed E-state index contributed by atoms with van der Waals surface area (Å²) in [6, 6.07) is 7.37. The number of carbonyl (C=O) groups excluding carboxylic acids is 1. The lowest BCUT2D eigenvalue weighted by molar-refractivity contribution is -0.138. The fraction of sp³-hybridized carbons (Fsp3) is 0.529. The summed E-state index contributed by atoms with van der Waals surface area (Å²) in [4.78, 5) is 25.5. The van der Waals surface area contributed by atoms with Crippen molar-refractivity contribution in [3.05, 3.63) is 29.8 Å². The van der Waals surface area contributed by atoms with Crippen LogP contribution in [0.3, 0.4) is 0 Å². The zero-order chi connectivity index (χ0) is 14.8. The number of anilines is 1. The summed E-state index contributed by atoms with van der Waals surface area (Å²) in [6.07, 6.45) is 6.52. The number of carboxylic acids is 1. The second-order valence-corrected chi connectivity index (χ2v) is 6.14. The van der Waals surface area contributed by atoms with Gasteiger partial charge in [0.05, 0.1) is 0 Å². The summed E-state index contributed by atoms with van der Waals surface area (Å²) in [5.74, 6) is -0.689. The molecule has 0 aromatic heterocycles. The van der Waals surface area contributed by atoms with E-state index in [1.807, 2.05) is 24.3 Å². The van der Waals surface area contributed by atoms with Crippen molar-refractivity contribution >= 4 is 17.6 Å². The molecule has 1 N–H and O–H groups in total. The van der Waals surface area contributed by atoms with Crippen molar-refractivity contribution in [2.24, 2.45) is 5.92 Å². The van der Waals surface area contributed by atoms with Crippen LogP contribution in [0, 0.1) is 5.92 Å². The molecular weight excluding hydrogens is 266 g/mol. The summed E-state index contributed by atoms with van der Waals surface area (Å²) >= 11 is 0. The highest BCUT2D eigenvalue weighted by molar-refractivity contribution is 5.98. The Bertz CT molecular complexity index is 549. The van der Waals surface area contributed by atoms with E-state index < -0.39 is 11.9 Å². The van der Waals surface area contributed by atoms with E-state index in [-0.39, 0.29) is 12.5 Å². The maximum absolute atomic E-state index is 12.5. The molecule has 1 amide bonds. The third kappa shape index (κ3) is 2.80. The molecule has 1 saturated carbocycles. The number of benzene rings is 1. The van der Waals surface area contributed by atoms with Gasteiger partial charge >= 0.3 is 5.97 Å². The molecule has 0 radical (unpaired) electrons. The number of aliphatic carboxylic acids is 1. The number of fused-ring (bicyclic) bond motifs is 1. The first-order valence-corrected chi connectivity index (χ1v) is 7.79. The van der Waals surface area contributed by atoms with Crippen LogP contribution in [0.1, 0.15) is 50.0 Å². The molecule has 0 bridgehead atoms. The van der Waals surface area contributed by atoms with Crippen LogP contribution in [0.4, 0.5) is 5.69 Å². The number of hydrogen-bond acceptors (Lipinski definition) is 2. The third-order valence-corrected chi connectivity index (χ3v) is 4.81. The van der Waals surface area contributed by atoms with Crippen molar-refractivity contribution in [3.8, 4) is 0 Å². The topological polar surface area (TPSA) is 57.6 Å². The van der Waals surface area contributed by atoms with Gasteiger partial charge in [-0.05, 0) is 24.0 Å². The molecule has 1 aliphatic carbocycles. The van der Waals surface area contributed by atoms with E-state index in [2.05, 4.69) is 0 Å². The molecule has 1 fully saturated rings. The quantitative estimate of drug-likeness (QED) is 0.925. The lowest BCUT2D eigenvalue weighted by Crippen LogP contribution is -2.31. The zero-order valence-electron chi connectivity index (χ0n) is 12.1. The number of hydrogen-bond donors (Lipinski definition) is 1. The Balaban J connectivity index is 1.70. The van der Waals surface area contributed by atoms with Gasteiger partial charge < -0.3 is 10.0 Å². The van der Waals surface area contributed by atoms with Crippen LogP contribution in [-0.4, -0.2) is 23.5 Å². The maximum Gasteiger partial charge on any atom is 0.312 e. The fourth-order valence-electron chi connectivity index (χ4n) is 3.62. The van der Waals surface area contributed by atoms with Gasteiger partial charge in [0.2, 0.25) is 5.91 Å². The van der Waals surface area contributed by atoms with Gasteiger partial charge in [0.1, 0.15) is 5.92 Å². The molecule has 4 heteroatoms. The van der Waals surface area contributed by atoms with Gasteiger partial charge in [-0.15, -0.1) is 0 Å². The lowest BCUT2D eigenvalue weighted by Gasteiger charge is -2.18. The van der Waals surface area contributed by atoms with E-state index in [1.165, 1.54) is 25.7 Å². The predicted octanol–water partition coefficient (Wildman–Crippen LogP) is 3.17. The number of rotatable bonds is 4. The van der Waals surface area contributed by atoms with Crippen LogP contribution in [0.2, 0.25) is 0 Å². The minimum atomic E-state index is -0.853. The Morgan fingerprint density at radius 3 is 2.62 bits per heavy atom. The van der Waals surface area contributed by atoms with Crippen LogP contribution in [0.15, 0.2) is 24.3 Å². The standard InChI is InChI=1S/C17H21NO3/c19-16(10-9-12-5-1-2-6-12)18-11-14(17(20)21)13-7-3-4-8-15(13)18/h3-4,7-8,12,14H,1-2,5-6,9-11H2,(H,20,21). The monoisotopic (exact) mass is 287 g/mol. The highest BCUT2D eigenvalue weighted by Crippen LogP contribution is 2.37. The normalized spacial score (nSPS) is 21.5. The third-order valence-electron chi connectivity index (χ3n) is 4.81. The molecular formula is C17H21NO3. The highest BCUT2D eigenvalue weighted by Gasteiger charge is 2.36. The lowest BCUT2D eigenvalue weighted by atomic mass is 10.0. The Labute approximate surface area is 124 Å². The van der Waals surface area contributed by atoms with E-state index in [9.17, 15) is 14.7 Å². The largest absolute Gasteiger partial charge is 0.481 e. The van der Waals surface area contributed by atoms with Crippen LogP contribution in [0.25, 0.3) is 0 Å². The minimum absolute atomic E-state index is 0.0677. The molecule has 2 aliphatic rings. The van der Waals surface area contributed by atoms with Crippen molar-refractivity contribution in [1.82, 2.24) is 0 Å². The van der Waals surface area contributed by atoms with Gasteiger partial charge in [-0.1, -0.05) is 43.9 Å². The van der Waals surface area contributed by atoms with Gasteiger partial charge in [-0.2, -0.15) is 0 Å². The average Bonchev–Trinajstić information content (AvgIpc) is 3.12. The molecule has 0 spiro atoms. The van der Waals surface area contributed by atoms with Gasteiger partial charge in [0, 0.05) is 18.7 Å². The van der Waals surface area contributed by atoms with Crippen molar-refractivity contribution < 1.29 is 14.7 Å². The SMILES string of the molecule is O=C(O)C1CN(C(=O)CCC2CCCC2)c2ccccc21. The summed E-state index contributed by atoms with van der Waals surface area (Å²) in [6.45, 7) is 0.276. The maximum atomic E-state index is 12.5. The van der Waals surface area contributed by atoms with E-state index in [1.54, 1.807) is 4.90 Å². The number of nitrogens with zero attached hydrogens (tertiary/aromatic N) is 1. The Morgan fingerprint density at radius 2 is 1.90 bits per heavy atom. The Kier molecular flexibility index (Phi) is 3.95. The number of carbonyl (C=O) groups is 2. The molecule has 3 rings (SSSR count). The Hall–Kier alpha value is -1.84. The second kappa shape index (κ2) is 5.88. The van der Waals surface area contributed by atoms with E-state index in [0.717, 1.165) is 17.7 Å². The van der Waals surface area contributed by atoms with Crippen LogP contribution >= 0.6 is 0 Å². The van der Waals surface area contributed by atoms with E-state index in [4.69, 9.17) is 0 Å². The summed E-state index contributed by atoms with van der Waals surface area (Å²) in [7, 11) is 0. The molecule has 1 aromatic rings. The smallest absolute Gasteiger partial charge is 0.312 e. The first-order chi connectivity index (χ1) is 10.2. The summed E-state index contributed by atoms with van der Waals surface area (Å²) in [5, 5.41) is 9.32. The van der Waals surface area contributed by atoms with E-state index in [0.29, 0.717) is 12.3 Å². The Morgan fingerprint density at radius 1 is 1.19 bits per heavy atom. The van der Waals surface area contributed by atoms with Crippen molar-refractivity contribution in [2.75, 3.05) is 11.4 Å². The number of para-hydroxylation sites is 1. The average molecular weight is 287 g/mol. The first kappa shape index (κ1) is 14.1. The number of carboxylic acid groups (broad SMARTS) is 1. The molecule has 1 atom stereocenters. The summed E-state index contributed by atoms with van der Waals surface area (Å²) in [5.41, 5.74) is 1.54. The van der Waals surface area contributed by atoms with Gasteiger partial charge in [-0.25, -0.2) is 0 Å². The molecule has 0 saturated heterocycles. The highest BCUT2D eigenvalue weighted by atomic mass is 16.4. The minimum Gasteiger partial charge on any atom is -0.481 e. The van der Waals surface area contributed by atoms with E-state index >= 15 is 0 Å². The first-order valence-electron chi connectivity index (χ1n) is 7.79. The molecule has 1 aliphatic heterocycles. The van der Waals surface area contributed by atoms with Crippen molar-refractivity contribution in [2.45, 2.75) is 44.4 Å². The van der Waals surface area contributed by atoms with Gasteiger partial charge in [0.25, 0.3) is 0 Å². The van der Waals surface area contributed by atoms with Crippen molar-refractivity contribution in [1.29, 1.82) is 0 Å². The van der Waals surface area contributed by atoms with Gasteiger partial charge in [-0.3, -0.25) is 9.59 Å². The molecule has 1 heterocycles. The zero-order valence-corrected chi connectivity index (χ0v) is 12.1. The van der Waals surface area contributed by atoms with Gasteiger partial charge in [0.15, 0.2) is 0 Å². The molecule has 112 valence electrons.